The predicted molar refractivity (Wildman–Crippen MR) is 94.0 cm³/mol. The monoisotopic (exact) mass is 400 g/mol. The fraction of sp³-hybridized carbons (Fsp3) is 0.312. The van der Waals surface area contributed by atoms with Gasteiger partial charge in [-0.1, -0.05) is 11.6 Å². The number of anilines is 1. The van der Waals surface area contributed by atoms with Gasteiger partial charge < -0.3 is 19.6 Å². The second-order valence-corrected chi connectivity index (χ2v) is 7.90. The van der Waals surface area contributed by atoms with Crippen LogP contribution in [0.3, 0.4) is 0 Å². The fourth-order valence-corrected chi connectivity index (χ4v) is 4.53. The molecule has 1 saturated heterocycles. The number of carbonyl (C=O) groups is 1. The lowest BCUT2D eigenvalue weighted by Crippen LogP contribution is -2.40. The zero-order valence-corrected chi connectivity index (χ0v) is 15.2. The summed E-state index contributed by atoms with van der Waals surface area (Å²) in [6.45, 7) is 1.19. The zero-order valence-electron chi connectivity index (χ0n) is 13.6. The first kappa shape index (κ1) is 18.7. The maximum Gasteiger partial charge on any atom is 0.337 e. The second-order valence-electron chi connectivity index (χ2n) is 5.58. The van der Waals surface area contributed by atoms with E-state index in [4.69, 9.17) is 20.8 Å². The molecule has 0 unspecified atom stereocenters. The van der Waals surface area contributed by atoms with Gasteiger partial charge in [-0.2, -0.15) is 4.31 Å². The highest BCUT2D eigenvalue weighted by Crippen LogP contribution is 2.31. The summed E-state index contributed by atoms with van der Waals surface area (Å²) >= 11 is 6.18. The van der Waals surface area contributed by atoms with Gasteiger partial charge in [0.2, 0.25) is 10.0 Å². The van der Waals surface area contributed by atoms with Crippen LogP contribution >= 0.6 is 11.6 Å². The number of furan rings is 1. The van der Waals surface area contributed by atoms with Gasteiger partial charge in [-0.05, 0) is 24.3 Å². The standard InChI is InChI=1S/C16H17ClN2O6S/c17-13-9-14(18-10-11-2-1-5-25-11)12(16(20)21)8-15(13)26(22,23)19-3-6-24-7-4-19/h1-2,5,8-9,18H,3-4,6-7,10H2,(H,20,21). The third-order valence-electron chi connectivity index (χ3n) is 3.92. The van der Waals surface area contributed by atoms with Crippen LogP contribution in [0.5, 0.6) is 0 Å². The van der Waals surface area contributed by atoms with Crippen molar-refractivity contribution in [2.45, 2.75) is 11.4 Å². The minimum Gasteiger partial charge on any atom is -0.478 e. The van der Waals surface area contributed by atoms with Gasteiger partial charge in [-0.3, -0.25) is 0 Å². The molecule has 0 saturated carbocycles. The molecule has 0 radical (unpaired) electrons. The van der Waals surface area contributed by atoms with E-state index in [0.717, 1.165) is 6.07 Å². The number of aromatic carboxylic acids is 1. The summed E-state index contributed by atoms with van der Waals surface area (Å²) in [5, 5.41) is 12.3. The number of hydrogen-bond donors (Lipinski definition) is 2. The van der Waals surface area contributed by atoms with Crippen LogP contribution in [0.25, 0.3) is 0 Å². The van der Waals surface area contributed by atoms with E-state index in [1.54, 1.807) is 12.1 Å². The number of hydrogen-bond acceptors (Lipinski definition) is 6. The van der Waals surface area contributed by atoms with E-state index in [0.29, 0.717) is 5.76 Å². The van der Waals surface area contributed by atoms with Crippen LogP contribution in [-0.4, -0.2) is 50.1 Å². The number of halogens is 1. The molecule has 1 aliphatic heterocycles. The van der Waals surface area contributed by atoms with Crippen LogP contribution in [-0.2, 0) is 21.3 Å². The number of nitrogens with zero attached hydrogens (tertiary/aromatic N) is 1. The lowest BCUT2D eigenvalue weighted by atomic mass is 10.1. The number of rotatable bonds is 6. The van der Waals surface area contributed by atoms with Gasteiger partial charge >= 0.3 is 5.97 Å². The van der Waals surface area contributed by atoms with Crippen molar-refractivity contribution in [3.63, 3.8) is 0 Å². The van der Waals surface area contributed by atoms with Crippen molar-refractivity contribution in [1.29, 1.82) is 0 Å². The number of benzene rings is 1. The van der Waals surface area contributed by atoms with Gasteiger partial charge in [0, 0.05) is 13.1 Å². The lowest BCUT2D eigenvalue weighted by molar-refractivity contribution is 0.0697. The molecule has 1 aromatic carbocycles. The molecule has 0 aliphatic carbocycles. The molecule has 26 heavy (non-hydrogen) atoms. The second kappa shape index (κ2) is 7.67. The molecule has 0 bridgehead atoms. The minimum atomic E-state index is -3.91. The van der Waals surface area contributed by atoms with Crippen LogP contribution in [0.1, 0.15) is 16.1 Å². The molecule has 2 heterocycles. The zero-order chi connectivity index (χ0) is 18.7. The topological polar surface area (TPSA) is 109 Å². The molecule has 2 aromatic rings. The van der Waals surface area contributed by atoms with Crippen LogP contribution in [0, 0.1) is 0 Å². The van der Waals surface area contributed by atoms with Crippen molar-refractivity contribution in [2.24, 2.45) is 0 Å². The summed E-state index contributed by atoms with van der Waals surface area (Å²) in [5.74, 6) is -0.662. The Labute approximate surface area is 155 Å². The van der Waals surface area contributed by atoms with E-state index < -0.39 is 16.0 Å². The van der Waals surface area contributed by atoms with Crippen LogP contribution < -0.4 is 5.32 Å². The summed E-state index contributed by atoms with van der Waals surface area (Å²) in [6.07, 6.45) is 1.50. The Hall–Kier alpha value is -2.07. The maximum atomic E-state index is 12.8. The summed E-state index contributed by atoms with van der Waals surface area (Å²) < 4.78 is 37.2. The van der Waals surface area contributed by atoms with Crippen molar-refractivity contribution < 1.29 is 27.5 Å². The molecule has 1 fully saturated rings. The molecule has 1 aromatic heterocycles. The van der Waals surface area contributed by atoms with E-state index >= 15 is 0 Å². The van der Waals surface area contributed by atoms with Gasteiger partial charge in [-0.25, -0.2) is 13.2 Å². The first-order valence-electron chi connectivity index (χ1n) is 7.80. The number of carboxylic acids is 1. The van der Waals surface area contributed by atoms with E-state index in [1.165, 1.54) is 16.6 Å². The molecule has 0 atom stereocenters. The van der Waals surface area contributed by atoms with Gasteiger partial charge in [0.1, 0.15) is 10.7 Å². The Morgan fingerprint density at radius 1 is 1.31 bits per heavy atom. The number of carboxylic acid groups (broad SMARTS) is 1. The number of ether oxygens (including phenoxy) is 1. The lowest BCUT2D eigenvalue weighted by Gasteiger charge is -2.26. The Bertz CT molecular complexity index is 892. The van der Waals surface area contributed by atoms with Crippen LogP contribution in [0.4, 0.5) is 5.69 Å². The molecule has 10 heteroatoms. The van der Waals surface area contributed by atoms with Gasteiger partial charge in [0.05, 0.1) is 42.3 Å². The molecular formula is C16H17ClN2O6S. The smallest absolute Gasteiger partial charge is 0.337 e. The van der Waals surface area contributed by atoms with Crippen LogP contribution in [0.15, 0.2) is 39.8 Å². The van der Waals surface area contributed by atoms with Crippen molar-refractivity contribution in [3.05, 3.63) is 46.9 Å². The van der Waals surface area contributed by atoms with Gasteiger partial charge in [0.15, 0.2) is 0 Å². The number of nitrogens with one attached hydrogen (secondary N) is 1. The van der Waals surface area contributed by atoms with E-state index in [1.807, 2.05) is 0 Å². The van der Waals surface area contributed by atoms with Crippen molar-refractivity contribution in [2.75, 3.05) is 31.6 Å². The molecule has 2 N–H and O–H groups in total. The summed E-state index contributed by atoms with van der Waals surface area (Å²) in [7, 11) is -3.91. The van der Waals surface area contributed by atoms with Crippen molar-refractivity contribution in [3.8, 4) is 0 Å². The Balaban J connectivity index is 1.94. The summed E-state index contributed by atoms with van der Waals surface area (Å²) in [6, 6.07) is 5.83. The minimum absolute atomic E-state index is 0.0524. The summed E-state index contributed by atoms with van der Waals surface area (Å²) in [5.41, 5.74) is 0.0209. The third kappa shape index (κ3) is 3.85. The quantitative estimate of drug-likeness (QED) is 0.765. The number of sulfonamides is 1. The molecule has 8 nitrogen and oxygen atoms in total. The molecule has 140 valence electrons. The average Bonchev–Trinajstić information content (AvgIpc) is 3.13. The highest BCUT2D eigenvalue weighted by atomic mass is 35.5. The summed E-state index contributed by atoms with van der Waals surface area (Å²) in [4.78, 5) is 11.4. The van der Waals surface area contributed by atoms with Crippen molar-refractivity contribution in [1.82, 2.24) is 4.31 Å². The van der Waals surface area contributed by atoms with Gasteiger partial charge in [-0.15, -0.1) is 0 Å². The van der Waals surface area contributed by atoms with Gasteiger partial charge in [0.25, 0.3) is 0 Å². The first-order chi connectivity index (χ1) is 12.4. The fourth-order valence-electron chi connectivity index (χ4n) is 2.60. The normalized spacial score (nSPS) is 15.7. The molecule has 1 aliphatic rings. The number of morpholine rings is 1. The predicted octanol–water partition coefficient (Wildman–Crippen LogP) is 2.26. The first-order valence-corrected chi connectivity index (χ1v) is 9.62. The SMILES string of the molecule is O=C(O)c1cc(S(=O)(=O)N2CCOCC2)c(Cl)cc1NCc1ccco1. The largest absolute Gasteiger partial charge is 0.478 e. The van der Waals surface area contributed by atoms with E-state index in [2.05, 4.69) is 5.32 Å². The third-order valence-corrected chi connectivity index (χ3v) is 6.29. The highest BCUT2D eigenvalue weighted by Gasteiger charge is 2.30. The Morgan fingerprint density at radius 2 is 2.04 bits per heavy atom. The Morgan fingerprint density at radius 3 is 2.65 bits per heavy atom. The highest BCUT2D eigenvalue weighted by molar-refractivity contribution is 7.89. The molecular weight excluding hydrogens is 384 g/mol. The van der Waals surface area contributed by atoms with E-state index in [9.17, 15) is 18.3 Å². The van der Waals surface area contributed by atoms with Crippen molar-refractivity contribution >= 4 is 33.3 Å². The molecule has 3 rings (SSSR count). The molecule has 0 spiro atoms. The average molecular weight is 401 g/mol. The van der Waals surface area contributed by atoms with E-state index in [-0.39, 0.29) is 54.0 Å². The Kier molecular flexibility index (Phi) is 5.52. The van der Waals surface area contributed by atoms with Crippen LogP contribution in [0.2, 0.25) is 5.02 Å². The molecule has 0 amide bonds. The maximum absolute atomic E-state index is 12.8.